The Morgan fingerprint density at radius 3 is 2.33 bits per heavy atom. The quantitative estimate of drug-likeness (QED) is 0.768. The molecule has 0 aliphatic rings. The summed E-state index contributed by atoms with van der Waals surface area (Å²) in [6.07, 6.45) is 0. The van der Waals surface area contributed by atoms with E-state index in [1.165, 1.54) is 12.1 Å². The van der Waals surface area contributed by atoms with Crippen LogP contribution in [0.2, 0.25) is 10.0 Å². The highest BCUT2D eigenvalue weighted by molar-refractivity contribution is 6.31. The second kappa shape index (κ2) is 6.47. The highest BCUT2D eigenvalue weighted by atomic mass is 35.5. The predicted octanol–water partition coefficient (Wildman–Crippen LogP) is 3.90. The summed E-state index contributed by atoms with van der Waals surface area (Å²) in [4.78, 5) is 23.8. The zero-order chi connectivity index (χ0) is 17.3. The number of halogens is 2. The minimum Gasteiger partial charge on any atom is -0.477 e. The van der Waals surface area contributed by atoms with Crippen LogP contribution in [0.5, 0.6) is 0 Å². The SMILES string of the molecule is O=C(O)c1cc(-c2ccc(Cl)cc2)nn(-c2cccc(Cl)c2)c1=O. The number of carboxylic acids is 1. The summed E-state index contributed by atoms with van der Waals surface area (Å²) in [6, 6.07) is 14.4. The summed E-state index contributed by atoms with van der Waals surface area (Å²) in [7, 11) is 0. The topological polar surface area (TPSA) is 72.2 Å². The van der Waals surface area contributed by atoms with Gasteiger partial charge in [0.2, 0.25) is 0 Å². The van der Waals surface area contributed by atoms with Crippen molar-refractivity contribution in [2.45, 2.75) is 0 Å². The molecule has 1 N–H and O–H groups in total. The minimum atomic E-state index is -1.33. The van der Waals surface area contributed by atoms with E-state index in [0.717, 1.165) is 4.68 Å². The van der Waals surface area contributed by atoms with Gasteiger partial charge in [-0.15, -0.1) is 0 Å². The van der Waals surface area contributed by atoms with Crippen molar-refractivity contribution < 1.29 is 9.90 Å². The molecule has 0 radical (unpaired) electrons. The summed E-state index contributed by atoms with van der Waals surface area (Å²) in [5, 5.41) is 14.5. The molecule has 2 aromatic carbocycles. The Hall–Kier alpha value is -2.63. The molecule has 0 spiro atoms. The average molecular weight is 361 g/mol. The summed E-state index contributed by atoms with van der Waals surface area (Å²) < 4.78 is 1.03. The Morgan fingerprint density at radius 1 is 1.00 bits per heavy atom. The van der Waals surface area contributed by atoms with Crippen molar-refractivity contribution in [3.63, 3.8) is 0 Å². The first-order chi connectivity index (χ1) is 11.5. The molecule has 3 rings (SSSR count). The fourth-order valence-electron chi connectivity index (χ4n) is 2.19. The van der Waals surface area contributed by atoms with Crippen LogP contribution >= 0.6 is 23.2 Å². The van der Waals surface area contributed by atoms with E-state index < -0.39 is 11.5 Å². The van der Waals surface area contributed by atoms with Crippen LogP contribution < -0.4 is 5.56 Å². The van der Waals surface area contributed by atoms with Crippen molar-refractivity contribution >= 4 is 29.2 Å². The first kappa shape index (κ1) is 16.2. The Kier molecular flexibility index (Phi) is 4.38. The van der Waals surface area contributed by atoms with Gasteiger partial charge in [-0.25, -0.2) is 4.79 Å². The molecule has 0 unspecified atom stereocenters. The second-order valence-corrected chi connectivity index (χ2v) is 5.82. The van der Waals surface area contributed by atoms with Crippen molar-refractivity contribution in [2.24, 2.45) is 0 Å². The maximum atomic E-state index is 12.4. The van der Waals surface area contributed by atoms with Gasteiger partial charge in [0.05, 0.1) is 11.4 Å². The number of hydrogen-bond acceptors (Lipinski definition) is 3. The number of benzene rings is 2. The van der Waals surface area contributed by atoms with E-state index in [4.69, 9.17) is 23.2 Å². The molecule has 0 amide bonds. The molecule has 1 heterocycles. The Balaban J connectivity index is 2.27. The van der Waals surface area contributed by atoms with E-state index in [1.807, 2.05) is 0 Å². The number of carbonyl (C=O) groups is 1. The number of nitrogens with zero attached hydrogens (tertiary/aromatic N) is 2. The normalized spacial score (nSPS) is 10.6. The molecule has 5 nitrogen and oxygen atoms in total. The molecule has 0 atom stereocenters. The number of hydrogen-bond donors (Lipinski definition) is 1. The Morgan fingerprint density at radius 2 is 1.71 bits per heavy atom. The minimum absolute atomic E-state index is 0.337. The molecule has 24 heavy (non-hydrogen) atoms. The van der Waals surface area contributed by atoms with E-state index in [1.54, 1.807) is 42.5 Å². The Bertz CT molecular complexity index is 982. The Labute approximate surface area is 146 Å². The maximum Gasteiger partial charge on any atom is 0.341 e. The first-order valence-electron chi connectivity index (χ1n) is 6.85. The average Bonchev–Trinajstić information content (AvgIpc) is 2.55. The van der Waals surface area contributed by atoms with Gasteiger partial charge < -0.3 is 5.11 Å². The standard InChI is InChI=1S/C17H10Cl2N2O3/c18-11-6-4-10(5-7-11)15-9-14(17(23)24)16(22)21(20-15)13-3-1-2-12(19)8-13/h1-9H,(H,23,24). The van der Waals surface area contributed by atoms with Crippen LogP contribution in [0.3, 0.4) is 0 Å². The number of aromatic carboxylic acids is 1. The monoisotopic (exact) mass is 360 g/mol. The molecule has 0 saturated carbocycles. The van der Waals surface area contributed by atoms with E-state index in [-0.39, 0.29) is 5.56 Å². The largest absolute Gasteiger partial charge is 0.477 e. The summed E-state index contributed by atoms with van der Waals surface area (Å²) in [5.74, 6) is -1.33. The molecule has 0 aliphatic heterocycles. The highest BCUT2D eigenvalue weighted by Crippen LogP contribution is 2.21. The molecular formula is C17H10Cl2N2O3. The number of aromatic nitrogens is 2. The van der Waals surface area contributed by atoms with E-state index in [2.05, 4.69) is 5.10 Å². The third-order valence-corrected chi connectivity index (χ3v) is 3.82. The van der Waals surface area contributed by atoms with Gasteiger partial charge in [-0.2, -0.15) is 9.78 Å². The van der Waals surface area contributed by atoms with Gasteiger partial charge in [0.25, 0.3) is 5.56 Å². The van der Waals surface area contributed by atoms with E-state index in [9.17, 15) is 14.7 Å². The number of carboxylic acid groups (broad SMARTS) is 1. The number of rotatable bonds is 3. The van der Waals surface area contributed by atoms with Gasteiger partial charge in [-0.05, 0) is 36.4 Å². The predicted molar refractivity (Wildman–Crippen MR) is 92.2 cm³/mol. The first-order valence-corrected chi connectivity index (χ1v) is 7.61. The van der Waals surface area contributed by atoms with Crippen LogP contribution in [0.15, 0.2) is 59.4 Å². The van der Waals surface area contributed by atoms with Crippen LogP contribution in [0.1, 0.15) is 10.4 Å². The van der Waals surface area contributed by atoms with Crippen LogP contribution in [0.4, 0.5) is 0 Å². The third kappa shape index (κ3) is 3.18. The molecule has 1 aromatic heterocycles. The molecular weight excluding hydrogens is 351 g/mol. The third-order valence-electron chi connectivity index (χ3n) is 3.33. The zero-order valence-electron chi connectivity index (χ0n) is 12.1. The molecule has 7 heteroatoms. The summed E-state index contributed by atoms with van der Waals surface area (Å²) >= 11 is 11.8. The summed E-state index contributed by atoms with van der Waals surface area (Å²) in [5.41, 5.74) is 0.240. The molecule has 3 aromatic rings. The lowest BCUT2D eigenvalue weighted by molar-refractivity contribution is 0.0694. The van der Waals surface area contributed by atoms with Crippen LogP contribution in [0.25, 0.3) is 16.9 Å². The van der Waals surface area contributed by atoms with Gasteiger partial charge in [0.1, 0.15) is 5.56 Å². The van der Waals surface area contributed by atoms with Crippen molar-refractivity contribution in [3.05, 3.63) is 80.6 Å². The van der Waals surface area contributed by atoms with Crippen molar-refractivity contribution in [2.75, 3.05) is 0 Å². The van der Waals surface area contributed by atoms with Crippen molar-refractivity contribution in [1.82, 2.24) is 9.78 Å². The van der Waals surface area contributed by atoms with Crippen molar-refractivity contribution in [1.29, 1.82) is 0 Å². The maximum absolute atomic E-state index is 12.4. The molecule has 0 fully saturated rings. The lowest BCUT2D eigenvalue weighted by Gasteiger charge is -2.09. The lowest BCUT2D eigenvalue weighted by atomic mass is 10.1. The van der Waals surface area contributed by atoms with Gasteiger partial charge >= 0.3 is 5.97 Å². The molecule has 0 aliphatic carbocycles. The van der Waals surface area contributed by atoms with Gasteiger partial charge in [-0.3, -0.25) is 4.79 Å². The van der Waals surface area contributed by atoms with E-state index >= 15 is 0 Å². The molecule has 0 bridgehead atoms. The van der Waals surface area contributed by atoms with Crippen molar-refractivity contribution in [3.8, 4) is 16.9 Å². The van der Waals surface area contributed by atoms with Crippen LogP contribution in [0, 0.1) is 0 Å². The van der Waals surface area contributed by atoms with Crippen LogP contribution in [-0.2, 0) is 0 Å². The van der Waals surface area contributed by atoms with Gasteiger partial charge in [0, 0.05) is 15.6 Å². The fraction of sp³-hybridized carbons (Fsp3) is 0. The fourth-order valence-corrected chi connectivity index (χ4v) is 2.50. The van der Waals surface area contributed by atoms with Gasteiger partial charge in [-0.1, -0.05) is 41.4 Å². The highest BCUT2D eigenvalue weighted by Gasteiger charge is 2.16. The molecule has 120 valence electrons. The molecule has 0 saturated heterocycles. The van der Waals surface area contributed by atoms with Crippen LogP contribution in [-0.4, -0.2) is 20.9 Å². The second-order valence-electron chi connectivity index (χ2n) is 4.95. The smallest absolute Gasteiger partial charge is 0.341 e. The van der Waals surface area contributed by atoms with Gasteiger partial charge in [0.15, 0.2) is 0 Å². The van der Waals surface area contributed by atoms with E-state index in [0.29, 0.717) is 27.0 Å². The summed E-state index contributed by atoms with van der Waals surface area (Å²) in [6.45, 7) is 0. The lowest BCUT2D eigenvalue weighted by Crippen LogP contribution is -2.27. The zero-order valence-corrected chi connectivity index (χ0v) is 13.6.